The standard InChI is InChI=1S/C17H25N3O2.ClH/c1-3-15(21)19-16(14-7-5-4-6-8-14)17(22)20-11-13(10-18)9-12(20)2;/h4-8,12-13,16H,3,9-11,18H2,1-2H3,(H,19,21);1H. The van der Waals surface area contributed by atoms with E-state index in [1.807, 2.05) is 42.2 Å². The quantitative estimate of drug-likeness (QED) is 0.860. The number of amides is 2. The van der Waals surface area contributed by atoms with Gasteiger partial charge in [0.1, 0.15) is 6.04 Å². The van der Waals surface area contributed by atoms with Gasteiger partial charge in [-0.1, -0.05) is 37.3 Å². The van der Waals surface area contributed by atoms with Crippen LogP contribution in [0.3, 0.4) is 0 Å². The predicted molar refractivity (Wildman–Crippen MR) is 93.2 cm³/mol. The molecule has 23 heavy (non-hydrogen) atoms. The van der Waals surface area contributed by atoms with Gasteiger partial charge in [0.05, 0.1) is 0 Å². The molecule has 6 heteroatoms. The summed E-state index contributed by atoms with van der Waals surface area (Å²) in [6.45, 7) is 5.08. The Morgan fingerprint density at radius 2 is 2.00 bits per heavy atom. The highest BCUT2D eigenvalue weighted by Crippen LogP contribution is 2.26. The fourth-order valence-electron chi connectivity index (χ4n) is 2.98. The van der Waals surface area contributed by atoms with E-state index in [9.17, 15) is 9.59 Å². The Morgan fingerprint density at radius 3 is 2.52 bits per heavy atom. The fourth-order valence-corrected chi connectivity index (χ4v) is 2.98. The van der Waals surface area contributed by atoms with Crippen molar-refractivity contribution in [3.63, 3.8) is 0 Å². The van der Waals surface area contributed by atoms with Gasteiger partial charge in [-0.25, -0.2) is 0 Å². The van der Waals surface area contributed by atoms with Crippen molar-refractivity contribution in [2.24, 2.45) is 11.7 Å². The number of hydrogen-bond donors (Lipinski definition) is 2. The maximum atomic E-state index is 12.9. The van der Waals surface area contributed by atoms with E-state index in [4.69, 9.17) is 5.73 Å². The SMILES string of the molecule is CCC(=O)NC(C(=O)N1CC(CN)CC1C)c1ccccc1.Cl. The number of likely N-dealkylation sites (tertiary alicyclic amines) is 1. The first-order valence-corrected chi connectivity index (χ1v) is 7.91. The molecule has 1 saturated heterocycles. The molecule has 3 unspecified atom stereocenters. The van der Waals surface area contributed by atoms with Crippen LogP contribution < -0.4 is 11.1 Å². The fraction of sp³-hybridized carbons (Fsp3) is 0.529. The Kier molecular flexibility index (Phi) is 7.52. The van der Waals surface area contributed by atoms with Gasteiger partial charge in [0.15, 0.2) is 0 Å². The van der Waals surface area contributed by atoms with Crippen molar-refractivity contribution >= 4 is 24.2 Å². The van der Waals surface area contributed by atoms with Crippen molar-refractivity contribution in [3.8, 4) is 0 Å². The van der Waals surface area contributed by atoms with Gasteiger partial charge in [-0.2, -0.15) is 0 Å². The Balaban J connectivity index is 0.00000264. The summed E-state index contributed by atoms with van der Waals surface area (Å²) in [5.74, 6) is 0.179. The molecule has 1 aliphatic heterocycles. The average Bonchev–Trinajstić information content (AvgIpc) is 2.93. The zero-order valence-electron chi connectivity index (χ0n) is 13.7. The summed E-state index contributed by atoms with van der Waals surface area (Å²) < 4.78 is 0. The van der Waals surface area contributed by atoms with E-state index in [1.165, 1.54) is 0 Å². The van der Waals surface area contributed by atoms with E-state index < -0.39 is 6.04 Å². The molecule has 0 saturated carbocycles. The van der Waals surface area contributed by atoms with Gasteiger partial charge < -0.3 is 16.0 Å². The molecule has 0 aromatic heterocycles. The van der Waals surface area contributed by atoms with Gasteiger partial charge in [-0.05, 0) is 31.4 Å². The van der Waals surface area contributed by atoms with Crippen LogP contribution >= 0.6 is 12.4 Å². The highest BCUT2D eigenvalue weighted by atomic mass is 35.5. The van der Waals surface area contributed by atoms with Crippen LogP contribution in [0.25, 0.3) is 0 Å². The predicted octanol–water partition coefficient (Wildman–Crippen LogP) is 1.87. The van der Waals surface area contributed by atoms with E-state index in [-0.39, 0.29) is 30.3 Å². The normalized spacial score (nSPS) is 21.4. The number of halogens is 1. The van der Waals surface area contributed by atoms with E-state index in [2.05, 4.69) is 5.32 Å². The smallest absolute Gasteiger partial charge is 0.250 e. The molecule has 0 spiro atoms. The Bertz CT molecular complexity index is 524. The molecule has 3 atom stereocenters. The summed E-state index contributed by atoms with van der Waals surface area (Å²) in [6, 6.07) is 8.95. The third-order valence-corrected chi connectivity index (χ3v) is 4.28. The van der Waals surface area contributed by atoms with Crippen LogP contribution in [0.5, 0.6) is 0 Å². The Hall–Kier alpha value is -1.59. The van der Waals surface area contributed by atoms with Crippen molar-refractivity contribution in [1.82, 2.24) is 10.2 Å². The lowest BCUT2D eigenvalue weighted by Crippen LogP contribution is -2.44. The molecule has 1 aromatic carbocycles. The van der Waals surface area contributed by atoms with Crippen molar-refractivity contribution in [3.05, 3.63) is 35.9 Å². The third kappa shape index (κ3) is 4.69. The van der Waals surface area contributed by atoms with Crippen LogP contribution in [-0.4, -0.2) is 35.8 Å². The summed E-state index contributed by atoms with van der Waals surface area (Å²) in [5, 5.41) is 2.85. The second-order valence-corrected chi connectivity index (χ2v) is 5.94. The van der Waals surface area contributed by atoms with Crippen molar-refractivity contribution in [2.75, 3.05) is 13.1 Å². The van der Waals surface area contributed by atoms with Gasteiger partial charge in [-0.15, -0.1) is 12.4 Å². The van der Waals surface area contributed by atoms with Crippen LogP contribution in [0.15, 0.2) is 30.3 Å². The first kappa shape index (κ1) is 19.5. The van der Waals surface area contributed by atoms with Crippen molar-refractivity contribution < 1.29 is 9.59 Å². The van der Waals surface area contributed by atoms with Crippen molar-refractivity contribution in [2.45, 2.75) is 38.8 Å². The number of carbonyl (C=O) groups is 2. The van der Waals surface area contributed by atoms with E-state index in [0.717, 1.165) is 12.0 Å². The van der Waals surface area contributed by atoms with Crippen LogP contribution in [-0.2, 0) is 9.59 Å². The molecule has 3 N–H and O–H groups in total. The molecule has 1 aromatic rings. The van der Waals surface area contributed by atoms with Gasteiger partial charge in [0.2, 0.25) is 11.8 Å². The zero-order chi connectivity index (χ0) is 16.1. The topological polar surface area (TPSA) is 75.4 Å². The molecule has 1 heterocycles. The number of benzene rings is 1. The minimum atomic E-state index is -0.618. The maximum Gasteiger partial charge on any atom is 0.250 e. The van der Waals surface area contributed by atoms with Crippen LogP contribution in [0.1, 0.15) is 38.3 Å². The van der Waals surface area contributed by atoms with Crippen LogP contribution in [0.2, 0.25) is 0 Å². The lowest BCUT2D eigenvalue weighted by atomic mass is 10.0. The molecular weight excluding hydrogens is 314 g/mol. The molecule has 0 aliphatic carbocycles. The summed E-state index contributed by atoms with van der Waals surface area (Å²) >= 11 is 0. The molecule has 1 fully saturated rings. The number of nitrogens with two attached hydrogens (primary N) is 1. The lowest BCUT2D eigenvalue weighted by Gasteiger charge is -2.28. The molecule has 5 nitrogen and oxygen atoms in total. The van der Waals surface area contributed by atoms with Gasteiger partial charge in [-0.3, -0.25) is 9.59 Å². The molecule has 1 aliphatic rings. The van der Waals surface area contributed by atoms with E-state index in [0.29, 0.717) is 25.4 Å². The Morgan fingerprint density at radius 1 is 1.35 bits per heavy atom. The van der Waals surface area contributed by atoms with Crippen LogP contribution in [0.4, 0.5) is 0 Å². The first-order chi connectivity index (χ1) is 10.6. The van der Waals surface area contributed by atoms with Crippen molar-refractivity contribution in [1.29, 1.82) is 0 Å². The molecular formula is C17H26ClN3O2. The molecule has 0 radical (unpaired) electrons. The summed E-state index contributed by atoms with van der Waals surface area (Å²) in [6.07, 6.45) is 1.28. The largest absolute Gasteiger partial charge is 0.341 e. The first-order valence-electron chi connectivity index (χ1n) is 7.91. The molecule has 0 bridgehead atoms. The Labute approximate surface area is 144 Å². The summed E-state index contributed by atoms with van der Waals surface area (Å²) in [4.78, 5) is 26.6. The highest BCUT2D eigenvalue weighted by Gasteiger charge is 2.36. The van der Waals surface area contributed by atoms with Gasteiger partial charge in [0.25, 0.3) is 0 Å². The van der Waals surface area contributed by atoms with E-state index >= 15 is 0 Å². The number of hydrogen-bond acceptors (Lipinski definition) is 3. The summed E-state index contributed by atoms with van der Waals surface area (Å²) in [5.41, 5.74) is 6.56. The monoisotopic (exact) mass is 339 g/mol. The van der Waals surface area contributed by atoms with Crippen LogP contribution in [0, 0.1) is 5.92 Å². The van der Waals surface area contributed by atoms with Gasteiger partial charge >= 0.3 is 0 Å². The minimum Gasteiger partial charge on any atom is -0.341 e. The second-order valence-electron chi connectivity index (χ2n) is 5.94. The molecule has 2 rings (SSSR count). The number of nitrogens with one attached hydrogen (secondary N) is 1. The van der Waals surface area contributed by atoms with Gasteiger partial charge in [0, 0.05) is 19.0 Å². The molecule has 2 amide bonds. The lowest BCUT2D eigenvalue weighted by molar-refractivity contribution is -0.137. The second kappa shape index (κ2) is 8.89. The minimum absolute atomic E-state index is 0. The number of nitrogens with zero attached hydrogens (tertiary/aromatic N) is 1. The maximum absolute atomic E-state index is 12.9. The molecule has 128 valence electrons. The number of rotatable bonds is 5. The third-order valence-electron chi connectivity index (χ3n) is 4.28. The number of carbonyl (C=O) groups excluding carboxylic acids is 2. The van der Waals surface area contributed by atoms with E-state index in [1.54, 1.807) is 6.92 Å². The highest BCUT2D eigenvalue weighted by molar-refractivity contribution is 5.89. The zero-order valence-corrected chi connectivity index (χ0v) is 14.5. The average molecular weight is 340 g/mol. The summed E-state index contributed by atoms with van der Waals surface area (Å²) in [7, 11) is 0.